The van der Waals surface area contributed by atoms with Crippen LogP contribution < -0.4 is 5.32 Å². The molecule has 25 heavy (non-hydrogen) atoms. The van der Waals surface area contributed by atoms with Crippen molar-refractivity contribution in [3.05, 3.63) is 62.8 Å². The molecule has 3 rings (SSSR count). The monoisotopic (exact) mass is 394 g/mol. The van der Waals surface area contributed by atoms with Gasteiger partial charge in [0.2, 0.25) is 0 Å². The molecule has 0 radical (unpaired) electrons. The highest BCUT2D eigenvalue weighted by Crippen LogP contribution is 2.29. The molecule has 0 fully saturated rings. The number of ketones is 1. The van der Waals surface area contributed by atoms with Crippen molar-refractivity contribution in [3.63, 3.8) is 0 Å². The van der Waals surface area contributed by atoms with Gasteiger partial charge in [0, 0.05) is 30.7 Å². The maximum absolute atomic E-state index is 12.0. The number of thiazole rings is 1. The molecule has 9 heteroatoms. The summed E-state index contributed by atoms with van der Waals surface area (Å²) in [7, 11) is 1.67. The molecule has 0 atom stereocenters. The van der Waals surface area contributed by atoms with Crippen LogP contribution in [0.5, 0.6) is 0 Å². The van der Waals surface area contributed by atoms with Crippen molar-refractivity contribution in [3.8, 4) is 0 Å². The standard InChI is InChI=1S/C16H12Cl2N4O2S/c1-22-8-10(6-20-22)14(23)15(24)21-16-19-7-11(25-16)5-9-3-2-4-12(17)13(9)18/h2-4,6-8H,5H2,1H3,(H,19,21,24). The number of amides is 1. The zero-order valence-corrected chi connectivity index (χ0v) is 15.3. The van der Waals surface area contributed by atoms with Crippen LogP contribution in [0.15, 0.2) is 36.8 Å². The van der Waals surface area contributed by atoms with E-state index in [1.807, 2.05) is 12.1 Å². The first-order chi connectivity index (χ1) is 11.9. The molecule has 0 saturated carbocycles. The first-order valence-electron chi connectivity index (χ1n) is 7.16. The smallest absolute Gasteiger partial charge is 0.295 e. The van der Waals surface area contributed by atoms with Gasteiger partial charge in [0.05, 0.1) is 21.8 Å². The minimum absolute atomic E-state index is 0.225. The fraction of sp³-hybridized carbons (Fsp3) is 0.125. The summed E-state index contributed by atoms with van der Waals surface area (Å²) in [6.45, 7) is 0. The second-order valence-corrected chi connectivity index (χ2v) is 7.11. The maximum atomic E-state index is 12.0. The van der Waals surface area contributed by atoms with Gasteiger partial charge in [0.15, 0.2) is 5.13 Å². The van der Waals surface area contributed by atoms with Gasteiger partial charge in [-0.2, -0.15) is 5.10 Å². The van der Waals surface area contributed by atoms with Gasteiger partial charge in [0.25, 0.3) is 11.7 Å². The van der Waals surface area contributed by atoms with Gasteiger partial charge in [-0.15, -0.1) is 11.3 Å². The first kappa shape index (κ1) is 17.6. The van der Waals surface area contributed by atoms with E-state index in [1.165, 1.54) is 28.4 Å². The van der Waals surface area contributed by atoms with Gasteiger partial charge >= 0.3 is 0 Å². The number of anilines is 1. The molecule has 0 aliphatic rings. The van der Waals surface area contributed by atoms with Crippen LogP contribution in [0.25, 0.3) is 0 Å². The van der Waals surface area contributed by atoms with Gasteiger partial charge in [0.1, 0.15) is 0 Å². The summed E-state index contributed by atoms with van der Waals surface area (Å²) in [5.41, 5.74) is 1.09. The molecule has 1 amide bonds. The molecule has 2 aromatic heterocycles. The third kappa shape index (κ3) is 4.07. The minimum atomic E-state index is -0.755. The van der Waals surface area contributed by atoms with Gasteiger partial charge in [-0.1, -0.05) is 35.3 Å². The topological polar surface area (TPSA) is 76.9 Å². The van der Waals surface area contributed by atoms with E-state index in [2.05, 4.69) is 15.4 Å². The number of hydrogen-bond acceptors (Lipinski definition) is 5. The average molecular weight is 395 g/mol. The van der Waals surface area contributed by atoms with Crippen LogP contribution in [0, 0.1) is 0 Å². The average Bonchev–Trinajstić information content (AvgIpc) is 3.20. The van der Waals surface area contributed by atoms with Crippen LogP contribution in [0.3, 0.4) is 0 Å². The largest absolute Gasteiger partial charge is 0.298 e. The third-order valence-electron chi connectivity index (χ3n) is 3.34. The summed E-state index contributed by atoms with van der Waals surface area (Å²) in [6, 6.07) is 5.41. The molecule has 3 aromatic rings. The number of nitrogens with zero attached hydrogens (tertiary/aromatic N) is 3. The molecule has 0 saturated heterocycles. The highest BCUT2D eigenvalue weighted by Gasteiger charge is 2.19. The normalized spacial score (nSPS) is 10.7. The van der Waals surface area contributed by atoms with Crippen molar-refractivity contribution >= 4 is 51.4 Å². The van der Waals surface area contributed by atoms with Crippen LogP contribution in [-0.2, 0) is 18.3 Å². The molecule has 2 heterocycles. The SMILES string of the molecule is Cn1cc(C(=O)C(=O)Nc2ncc(Cc3cccc(Cl)c3Cl)s2)cn1. The Morgan fingerprint density at radius 2 is 2.08 bits per heavy atom. The van der Waals surface area contributed by atoms with E-state index in [1.54, 1.807) is 19.3 Å². The van der Waals surface area contributed by atoms with E-state index in [0.717, 1.165) is 10.4 Å². The Morgan fingerprint density at radius 3 is 2.80 bits per heavy atom. The highest BCUT2D eigenvalue weighted by atomic mass is 35.5. The number of benzene rings is 1. The molecule has 0 unspecified atom stereocenters. The molecule has 1 N–H and O–H groups in total. The molecular weight excluding hydrogens is 383 g/mol. The second-order valence-electron chi connectivity index (χ2n) is 5.21. The Labute approximate surface area is 157 Å². The van der Waals surface area contributed by atoms with Gasteiger partial charge < -0.3 is 0 Å². The Bertz CT molecular complexity index is 951. The molecule has 128 valence electrons. The zero-order chi connectivity index (χ0) is 18.0. The highest BCUT2D eigenvalue weighted by molar-refractivity contribution is 7.15. The van der Waals surface area contributed by atoms with Crippen molar-refractivity contribution in [1.82, 2.24) is 14.8 Å². The van der Waals surface area contributed by atoms with Crippen molar-refractivity contribution in [2.24, 2.45) is 7.05 Å². The number of aryl methyl sites for hydroxylation is 1. The Kier molecular flexibility index (Phi) is 5.17. The molecule has 0 spiro atoms. The van der Waals surface area contributed by atoms with Crippen molar-refractivity contribution < 1.29 is 9.59 Å². The number of Topliss-reactive ketones (excluding diaryl/α,β-unsaturated/α-hetero) is 1. The summed E-state index contributed by atoms with van der Waals surface area (Å²) < 4.78 is 1.46. The van der Waals surface area contributed by atoms with Gasteiger partial charge in [-0.25, -0.2) is 4.98 Å². The van der Waals surface area contributed by atoms with Crippen molar-refractivity contribution in [1.29, 1.82) is 0 Å². The fourth-order valence-corrected chi connectivity index (χ4v) is 3.36. The Hall–Kier alpha value is -2.22. The quantitative estimate of drug-likeness (QED) is 0.529. The zero-order valence-electron chi connectivity index (χ0n) is 13.0. The lowest BCUT2D eigenvalue weighted by molar-refractivity contribution is -0.112. The summed E-state index contributed by atoms with van der Waals surface area (Å²) in [5.74, 6) is -1.42. The lowest BCUT2D eigenvalue weighted by atomic mass is 10.1. The van der Waals surface area contributed by atoms with Crippen LogP contribution in [0.1, 0.15) is 20.8 Å². The molecule has 1 aromatic carbocycles. The predicted octanol–water partition coefficient (Wildman–Crippen LogP) is 3.60. The number of nitrogens with one attached hydrogen (secondary N) is 1. The molecule has 0 aliphatic heterocycles. The summed E-state index contributed by atoms with van der Waals surface area (Å²) in [4.78, 5) is 29.0. The summed E-state index contributed by atoms with van der Waals surface area (Å²) in [6.07, 6.45) is 4.99. The van der Waals surface area contributed by atoms with Crippen LogP contribution in [0.4, 0.5) is 5.13 Å². The van der Waals surface area contributed by atoms with Gasteiger partial charge in [-0.05, 0) is 11.6 Å². The van der Waals surface area contributed by atoms with E-state index in [-0.39, 0.29) is 5.56 Å². The summed E-state index contributed by atoms with van der Waals surface area (Å²) in [5, 5.41) is 7.70. The van der Waals surface area contributed by atoms with Gasteiger partial charge in [-0.3, -0.25) is 19.6 Å². The lowest BCUT2D eigenvalue weighted by Gasteiger charge is -2.03. The molecular formula is C16H12Cl2N4O2S. The predicted molar refractivity (Wildman–Crippen MR) is 97.6 cm³/mol. The van der Waals surface area contributed by atoms with Crippen molar-refractivity contribution in [2.75, 3.05) is 5.32 Å². The van der Waals surface area contributed by atoms with E-state index < -0.39 is 11.7 Å². The molecule has 0 aliphatic carbocycles. The Balaban J connectivity index is 1.68. The number of aromatic nitrogens is 3. The van der Waals surface area contributed by atoms with E-state index in [0.29, 0.717) is 21.6 Å². The Morgan fingerprint density at radius 1 is 1.28 bits per heavy atom. The number of rotatable bonds is 5. The van der Waals surface area contributed by atoms with Crippen molar-refractivity contribution in [2.45, 2.75) is 6.42 Å². The first-order valence-corrected chi connectivity index (χ1v) is 8.73. The number of carbonyl (C=O) groups excluding carboxylic acids is 2. The van der Waals surface area contributed by atoms with Crippen LogP contribution >= 0.6 is 34.5 Å². The second kappa shape index (κ2) is 7.35. The lowest BCUT2D eigenvalue weighted by Crippen LogP contribution is -2.22. The van der Waals surface area contributed by atoms with Crippen LogP contribution in [0.2, 0.25) is 10.0 Å². The fourth-order valence-electron chi connectivity index (χ4n) is 2.14. The van der Waals surface area contributed by atoms with E-state index in [9.17, 15) is 9.59 Å². The number of hydrogen-bond donors (Lipinski definition) is 1. The maximum Gasteiger partial charge on any atom is 0.298 e. The summed E-state index contributed by atoms with van der Waals surface area (Å²) >= 11 is 13.4. The third-order valence-corrected chi connectivity index (χ3v) is 5.11. The number of halogens is 2. The van der Waals surface area contributed by atoms with E-state index in [4.69, 9.17) is 23.2 Å². The number of carbonyl (C=O) groups is 2. The molecule has 6 nitrogen and oxygen atoms in total. The molecule has 0 bridgehead atoms. The van der Waals surface area contributed by atoms with E-state index >= 15 is 0 Å². The minimum Gasteiger partial charge on any atom is -0.295 e. The van der Waals surface area contributed by atoms with Crippen LogP contribution in [-0.4, -0.2) is 26.5 Å².